The van der Waals surface area contributed by atoms with Gasteiger partial charge in [-0.3, -0.25) is 9.36 Å². The van der Waals surface area contributed by atoms with Crippen molar-refractivity contribution in [2.75, 3.05) is 5.75 Å². The number of primary amides is 1. The molecule has 1 saturated carbocycles. The minimum absolute atomic E-state index is 0.275. The lowest BCUT2D eigenvalue weighted by Crippen LogP contribution is -2.11. The minimum atomic E-state index is -0.275. The Morgan fingerprint density at radius 3 is 3.00 bits per heavy atom. The summed E-state index contributed by atoms with van der Waals surface area (Å²) in [6, 6.07) is 4.60. The van der Waals surface area contributed by atoms with Crippen LogP contribution in [0.5, 0.6) is 0 Å². The number of carbonyl (C=O) groups is 1. The molecule has 1 amide bonds. The molecule has 1 aliphatic rings. The molecule has 2 N–H and O–H groups in total. The second-order valence-corrected chi connectivity index (χ2v) is 6.46. The zero-order valence-electron chi connectivity index (χ0n) is 10.3. The van der Waals surface area contributed by atoms with Crippen molar-refractivity contribution in [2.24, 2.45) is 5.73 Å². The predicted octanol–water partition coefficient (Wildman–Crippen LogP) is 2.31. The van der Waals surface area contributed by atoms with Crippen molar-refractivity contribution in [1.82, 2.24) is 14.8 Å². The smallest absolute Gasteiger partial charge is 0.218 e. The number of thioether (sulfide) groups is 1. The van der Waals surface area contributed by atoms with E-state index in [1.165, 1.54) is 12.8 Å². The molecule has 0 spiro atoms. The quantitative estimate of drug-likeness (QED) is 0.830. The van der Waals surface area contributed by atoms with E-state index in [-0.39, 0.29) is 5.91 Å². The molecule has 2 heterocycles. The van der Waals surface area contributed by atoms with Crippen molar-refractivity contribution < 1.29 is 4.79 Å². The van der Waals surface area contributed by atoms with E-state index in [1.54, 1.807) is 23.1 Å². The maximum atomic E-state index is 10.8. The van der Waals surface area contributed by atoms with Gasteiger partial charge in [-0.25, -0.2) is 0 Å². The second kappa shape index (κ2) is 5.34. The van der Waals surface area contributed by atoms with Crippen LogP contribution in [0.25, 0.3) is 10.7 Å². The molecular formula is C12H14N4OS2. The monoisotopic (exact) mass is 294 g/mol. The highest BCUT2D eigenvalue weighted by Gasteiger charge is 2.30. The summed E-state index contributed by atoms with van der Waals surface area (Å²) in [6.45, 7) is 0. The molecule has 0 bridgehead atoms. The first-order valence-electron chi connectivity index (χ1n) is 6.15. The van der Waals surface area contributed by atoms with Crippen LogP contribution < -0.4 is 5.73 Å². The molecule has 0 unspecified atom stereocenters. The highest BCUT2D eigenvalue weighted by atomic mass is 32.2. The molecule has 2 aromatic rings. The maximum Gasteiger partial charge on any atom is 0.218 e. The van der Waals surface area contributed by atoms with Crippen molar-refractivity contribution in [2.45, 2.75) is 30.5 Å². The third-order valence-electron chi connectivity index (χ3n) is 2.90. The van der Waals surface area contributed by atoms with Crippen LogP contribution in [0.4, 0.5) is 0 Å². The average Bonchev–Trinajstić information content (AvgIpc) is 2.91. The van der Waals surface area contributed by atoms with Gasteiger partial charge in [0.1, 0.15) is 0 Å². The van der Waals surface area contributed by atoms with E-state index in [2.05, 4.69) is 20.8 Å². The van der Waals surface area contributed by atoms with Crippen LogP contribution in [0.1, 0.15) is 25.3 Å². The largest absolute Gasteiger partial charge is 0.370 e. The maximum absolute atomic E-state index is 10.8. The fourth-order valence-corrected chi connectivity index (χ4v) is 3.52. The Kier molecular flexibility index (Phi) is 3.56. The van der Waals surface area contributed by atoms with E-state index in [1.807, 2.05) is 11.4 Å². The molecule has 100 valence electrons. The predicted molar refractivity (Wildman–Crippen MR) is 76.1 cm³/mol. The van der Waals surface area contributed by atoms with Gasteiger partial charge in [0.2, 0.25) is 5.91 Å². The van der Waals surface area contributed by atoms with Gasteiger partial charge in [-0.2, -0.15) is 0 Å². The van der Waals surface area contributed by atoms with Gasteiger partial charge in [-0.15, -0.1) is 21.5 Å². The zero-order valence-corrected chi connectivity index (χ0v) is 11.9. The van der Waals surface area contributed by atoms with Gasteiger partial charge in [-0.1, -0.05) is 17.8 Å². The van der Waals surface area contributed by atoms with Crippen LogP contribution in [0.2, 0.25) is 0 Å². The van der Waals surface area contributed by atoms with Crippen LogP contribution in [-0.2, 0) is 4.79 Å². The molecule has 1 fully saturated rings. The summed E-state index contributed by atoms with van der Waals surface area (Å²) in [5.41, 5.74) is 5.16. The van der Waals surface area contributed by atoms with Crippen molar-refractivity contribution in [3.05, 3.63) is 17.5 Å². The van der Waals surface area contributed by atoms with E-state index >= 15 is 0 Å². The third-order valence-corrected chi connectivity index (χ3v) is 4.71. The van der Waals surface area contributed by atoms with Crippen LogP contribution >= 0.6 is 23.1 Å². The number of nitrogens with two attached hydrogens (primary N) is 1. The topological polar surface area (TPSA) is 73.8 Å². The molecule has 3 rings (SSSR count). The van der Waals surface area contributed by atoms with E-state index in [4.69, 9.17) is 5.73 Å². The van der Waals surface area contributed by atoms with Crippen LogP contribution in [-0.4, -0.2) is 26.4 Å². The van der Waals surface area contributed by atoms with Gasteiger partial charge in [0, 0.05) is 18.2 Å². The molecule has 7 heteroatoms. The minimum Gasteiger partial charge on any atom is -0.370 e. The van der Waals surface area contributed by atoms with Crippen molar-refractivity contribution >= 4 is 29.0 Å². The average molecular weight is 294 g/mol. The summed E-state index contributed by atoms with van der Waals surface area (Å²) in [5.74, 6) is 1.33. The lowest BCUT2D eigenvalue weighted by atomic mass is 10.4. The number of aromatic nitrogens is 3. The molecule has 19 heavy (non-hydrogen) atoms. The van der Waals surface area contributed by atoms with E-state index < -0.39 is 0 Å². The Balaban J connectivity index is 1.82. The Bertz CT molecular complexity index is 575. The van der Waals surface area contributed by atoms with Gasteiger partial charge in [0.05, 0.1) is 4.88 Å². The first-order valence-corrected chi connectivity index (χ1v) is 8.02. The van der Waals surface area contributed by atoms with Crippen LogP contribution in [0.15, 0.2) is 22.7 Å². The summed E-state index contributed by atoms with van der Waals surface area (Å²) in [6.07, 6.45) is 2.73. The van der Waals surface area contributed by atoms with Crippen molar-refractivity contribution in [3.63, 3.8) is 0 Å². The van der Waals surface area contributed by atoms with Crippen LogP contribution in [0, 0.1) is 0 Å². The summed E-state index contributed by atoms with van der Waals surface area (Å²) < 4.78 is 2.21. The number of carbonyl (C=O) groups excluding carboxylic acids is 1. The lowest BCUT2D eigenvalue weighted by molar-refractivity contribution is -0.117. The van der Waals surface area contributed by atoms with Gasteiger partial charge >= 0.3 is 0 Å². The summed E-state index contributed by atoms with van der Waals surface area (Å²) in [4.78, 5) is 11.9. The standard InChI is InChI=1S/C12H14N4OS2/c13-10(17)5-7-19-12-15-14-11(9-2-1-6-18-9)16(12)8-3-4-8/h1-2,6,8H,3-5,7H2,(H2,13,17). The number of amides is 1. The molecule has 0 saturated heterocycles. The van der Waals surface area contributed by atoms with E-state index in [0.29, 0.717) is 18.2 Å². The third kappa shape index (κ3) is 2.82. The Morgan fingerprint density at radius 2 is 2.37 bits per heavy atom. The van der Waals surface area contributed by atoms with E-state index in [9.17, 15) is 4.79 Å². The molecule has 5 nitrogen and oxygen atoms in total. The highest BCUT2D eigenvalue weighted by Crippen LogP contribution is 2.41. The SMILES string of the molecule is NC(=O)CCSc1nnc(-c2cccs2)n1C1CC1. The van der Waals surface area contributed by atoms with Crippen molar-refractivity contribution in [3.8, 4) is 10.7 Å². The Hall–Kier alpha value is -1.34. The summed E-state index contributed by atoms with van der Waals surface area (Å²) >= 11 is 3.23. The van der Waals surface area contributed by atoms with E-state index in [0.717, 1.165) is 15.9 Å². The Morgan fingerprint density at radius 1 is 1.53 bits per heavy atom. The second-order valence-electron chi connectivity index (χ2n) is 4.45. The molecular weight excluding hydrogens is 280 g/mol. The number of hydrogen-bond donors (Lipinski definition) is 1. The summed E-state index contributed by atoms with van der Waals surface area (Å²) in [7, 11) is 0. The fourth-order valence-electron chi connectivity index (χ4n) is 1.85. The number of thiophene rings is 1. The van der Waals surface area contributed by atoms with Crippen LogP contribution in [0.3, 0.4) is 0 Å². The molecule has 0 atom stereocenters. The first kappa shape index (κ1) is 12.7. The van der Waals surface area contributed by atoms with Gasteiger partial charge < -0.3 is 5.73 Å². The first-order chi connectivity index (χ1) is 9.25. The fraction of sp³-hybridized carbons (Fsp3) is 0.417. The Labute approximate surface area is 119 Å². The molecule has 2 aromatic heterocycles. The molecule has 0 radical (unpaired) electrons. The zero-order chi connectivity index (χ0) is 13.2. The lowest BCUT2D eigenvalue weighted by Gasteiger charge is -2.06. The number of hydrogen-bond acceptors (Lipinski definition) is 5. The normalized spacial score (nSPS) is 14.7. The highest BCUT2D eigenvalue weighted by molar-refractivity contribution is 7.99. The molecule has 0 aromatic carbocycles. The number of nitrogens with zero attached hydrogens (tertiary/aromatic N) is 3. The van der Waals surface area contributed by atoms with Gasteiger partial charge in [-0.05, 0) is 24.3 Å². The van der Waals surface area contributed by atoms with Gasteiger partial charge in [0.15, 0.2) is 11.0 Å². The van der Waals surface area contributed by atoms with Crippen molar-refractivity contribution in [1.29, 1.82) is 0 Å². The summed E-state index contributed by atoms with van der Waals surface area (Å²) in [5, 5.41) is 11.5. The number of rotatable bonds is 6. The van der Waals surface area contributed by atoms with Gasteiger partial charge in [0.25, 0.3) is 0 Å². The molecule has 0 aliphatic heterocycles. The molecule has 1 aliphatic carbocycles.